The van der Waals surface area contributed by atoms with E-state index in [9.17, 15) is 24.3 Å². The number of nitrogens with zero attached hydrogens (tertiary/aromatic N) is 2. The van der Waals surface area contributed by atoms with Crippen LogP contribution in [0.5, 0.6) is 0 Å². The molecule has 2 aliphatic heterocycles. The molecular formula is C24H29N5O5. The molecule has 10 nitrogen and oxygen atoms in total. The molecule has 0 fully saturated rings. The fourth-order valence-corrected chi connectivity index (χ4v) is 3.98. The maximum Gasteiger partial charge on any atom is 0.306 e. The highest BCUT2D eigenvalue weighted by molar-refractivity contribution is 6.19. The number of carbonyl (C=O) groups excluding carboxylic acids is 3. The van der Waals surface area contributed by atoms with Crippen molar-refractivity contribution in [3.05, 3.63) is 47.2 Å². The van der Waals surface area contributed by atoms with Gasteiger partial charge >= 0.3 is 5.97 Å². The molecule has 0 spiro atoms. The molecule has 2 aliphatic rings. The van der Waals surface area contributed by atoms with Gasteiger partial charge in [0.25, 0.3) is 0 Å². The lowest BCUT2D eigenvalue weighted by molar-refractivity contribution is -0.142. The minimum absolute atomic E-state index is 0.0463. The van der Waals surface area contributed by atoms with Crippen LogP contribution in [-0.4, -0.2) is 47.0 Å². The van der Waals surface area contributed by atoms with Crippen LogP contribution >= 0.6 is 0 Å². The summed E-state index contributed by atoms with van der Waals surface area (Å²) in [6, 6.07) is 7.09. The normalized spacial score (nSPS) is 17.6. The molecule has 34 heavy (non-hydrogen) atoms. The Balaban J connectivity index is 1.48. The number of hydrogen-bond acceptors (Lipinski definition) is 7. The Morgan fingerprint density at radius 2 is 1.91 bits per heavy atom. The standard InChI is InChI=1S/C24H29N5O5/c1-14(30)26-11-3-2-4-17(23(33)34)12-19(31)16-8-5-15(6-9-16)7-10-18-13-27-21-20(18)22(32)29-24(25)28-21/h5-6,8-9,13,17,20H,2-4,7,10-12H2,1H3,(H,26,30)(H,33,34)(H3,25,27,28,29,32)/t17-,20?/m1/s1. The van der Waals surface area contributed by atoms with Crippen molar-refractivity contribution in [2.45, 2.75) is 45.4 Å². The smallest absolute Gasteiger partial charge is 0.306 e. The van der Waals surface area contributed by atoms with Gasteiger partial charge < -0.3 is 16.2 Å². The van der Waals surface area contributed by atoms with Crippen LogP contribution in [0.15, 0.2) is 46.0 Å². The second kappa shape index (κ2) is 11.4. The van der Waals surface area contributed by atoms with Gasteiger partial charge in [0, 0.05) is 31.7 Å². The van der Waals surface area contributed by atoms with Gasteiger partial charge in [0.1, 0.15) is 11.8 Å². The third-order valence-corrected chi connectivity index (χ3v) is 5.85. The molecule has 3 rings (SSSR count). The molecule has 5 N–H and O–H groups in total. The molecular weight excluding hydrogens is 438 g/mol. The summed E-state index contributed by atoms with van der Waals surface area (Å²) in [6.45, 7) is 1.93. The summed E-state index contributed by atoms with van der Waals surface area (Å²) in [5.74, 6) is -2.39. The summed E-state index contributed by atoms with van der Waals surface area (Å²) in [7, 11) is 0. The molecule has 0 saturated carbocycles. The van der Waals surface area contributed by atoms with Crippen molar-refractivity contribution in [1.82, 2.24) is 10.6 Å². The highest BCUT2D eigenvalue weighted by atomic mass is 16.4. The maximum absolute atomic E-state index is 12.6. The monoisotopic (exact) mass is 467 g/mol. The van der Waals surface area contributed by atoms with E-state index in [4.69, 9.17) is 5.73 Å². The number of carboxylic acids is 1. The van der Waals surface area contributed by atoms with E-state index in [1.165, 1.54) is 6.92 Å². The number of nitrogens with one attached hydrogen (secondary N) is 2. The fraction of sp³-hybridized carbons (Fsp3) is 0.417. The second-order valence-electron chi connectivity index (χ2n) is 8.45. The first kappa shape index (κ1) is 24.8. The highest BCUT2D eigenvalue weighted by Crippen LogP contribution is 2.27. The number of nitrogens with two attached hydrogens (primary N) is 1. The van der Waals surface area contributed by atoms with Crippen molar-refractivity contribution < 1.29 is 24.3 Å². The average molecular weight is 468 g/mol. The van der Waals surface area contributed by atoms with Gasteiger partial charge in [-0.15, -0.1) is 0 Å². The van der Waals surface area contributed by atoms with Gasteiger partial charge in [-0.05, 0) is 36.8 Å². The fourth-order valence-electron chi connectivity index (χ4n) is 3.98. The van der Waals surface area contributed by atoms with Gasteiger partial charge in [-0.25, -0.2) is 4.99 Å². The van der Waals surface area contributed by atoms with Gasteiger partial charge in [-0.3, -0.25) is 24.5 Å². The predicted molar refractivity (Wildman–Crippen MR) is 126 cm³/mol. The van der Waals surface area contributed by atoms with E-state index in [1.807, 2.05) is 12.1 Å². The molecule has 1 unspecified atom stereocenters. The first-order valence-corrected chi connectivity index (χ1v) is 11.3. The van der Waals surface area contributed by atoms with Crippen LogP contribution in [0.25, 0.3) is 0 Å². The van der Waals surface area contributed by atoms with Crippen LogP contribution in [0.1, 0.15) is 54.9 Å². The van der Waals surface area contributed by atoms with Crippen molar-refractivity contribution >= 4 is 35.4 Å². The highest BCUT2D eigenvalue weighted by Gasteiger charge is 2.35. The number of ketones is 1. The molecule has 10 heteroatoms. The Hall–Kier alpha value is -3.82. The lowest BCUT2D eigenvalue weighted by atomic mass is 9.91. The zero-order valence-electron chi connectivity index (χ0n) is 19.0. The van der Waals surface area contributed by atoms with E-state index in [0.29, 0.717) is 50.0 Å². The topological polar surface area (TPSA) is 163 Å². The lowest BCUT2D eigenvalue weighted by Crippen LogP contribution is -2.47. The number of guanidine groups is 1. The van der Waals surface area contributed by atoms with Crippen molar-refractivity contribution in [3.8, 4) is 0 Å². The number of fused-ring (bicyclic) bond motifs is 1. The van der Waals surface area contributed by atoms with Gasteiger partial charge in [0.05, 0.1) is 5.92 Å². The van der Waals surface area contributed by atoms with Crippen molar-refractivity contribution in [1.29, 1.82) is 0 Å². The molecule has 0 bridgehead atoms. The lowest BCUT2D eigenvalue weighted by Gasteiger charge is -2.19. The van der Waals surface area contributed by atoms with Gasteiger partial charge in [0.15, 0.2) is 5.78 Å². The van der Waals surface area contributed by atoms with E-state index < -0.39 is 17.8 Å². The molecule has 0 saturated heterocycles. The SMILES string of the molecule is CC(=O)NCCCC[C@H](CC(=O)c1ccc(CCC2=CN=C3N=C(N)NC(=O)C23)cc1)C(=O)O. The number of unbranched alkanes of at least 4 members (excludes halogenated alkanes) is 1. The van der Waals surface area contributed by atoms with Gasteiger partial charge in [-0.2, -0.15) is 4.99 Å². The number of hydrogen-bond donors (Lipinski definition) is 4. The number of benzene rings is 1. The predicted octanol–water partition coefficient (Wildman–Crippen LogP) is 1.56. The number of aryl methyl sites for hydroxylation is 1. The Morgan fingerprint density at radius 3 is 2.59 bits per heavy atom. The minimum atomic E-state index is -0.992. The Labute approximate surface area is 197 Å². The van der Waals surface area contributed by atoms with Crippen molar-refractivity contribution in [2.24, 2.45) is 27.6 Å². The zero-order valence-corrected chi connectivity index (χ0v) is 19.0. The minimum Gasteiger partial charge on any atom is -0.481 e. The van der Waals surface area contributed by atoms with Gasteiger partial charge in [0.2, 0.25) is 17.8 Å². The molecule has 1 aromatic carbocycles. The number of amidine groups is 1. The first-order valence-electron chi connectivity index (χ1n) is 11.3. The number of rotatable bonds is 12. The van der Waals surface area contributed by atoms with Crippen LogP contribution in [0.2, 0.25) is 0 Å². The number of aliphatic imine (C=N–C) groups is 2. The Morgan fingerprint density at radius 1 is 1.18 bits per heavy atom. The zero-order chi connectivity index (χ0) is 24.7. The summed E-state index contributed by atoms with van der Waals surface area (Å²) in [4.78, 5) is 55.5. The van der Waals surface area contributed by atoms with E-state index >= 15 is 0 Å². The first-order chi connectivity index (χ1) is 16.2. The summed E-state index contributed by atoms with van der Waals surface area (Å²) in [5.41, 5.74) is 7.87. The van der Waals surface area contributed by atoms with Crippen LogP contribution in [-0.2, 0) is 20.8 Å². The molecule has 2 heterocycles. The van der Waals surface area contributed by atoms with Crippen molar-refractivity contribution in [2.75, 3.05) is 6.54 Å². The van der Waals surface area contributed by atoms with Crippen LogP contribution in [0.3, 0.4) is 0 Å². The number of Topliss-reactive ketones (excluding diaryl/α,β-unsaturated/α-hetero) is 1. The van der Waals surface area contributed by atoms with E-state index in [0.717, 1.165) is 11.1 Å². The van der Waals surface area contributed by atoms with E-state index in [-0.39, 0.29) is 30.0 Å². The van der Waals surface area contributed by atoms with Gasteiger partial charge in [-0.1, -0.05) is 30.7 Å². The molecule has 2 amide bonds. The Bertz CT molecular complexity index is 1060. The number of carbonyl (C=O) groups is 4. The van der Waals surface area contributed by atoms with E-state index in [1.54, 1.807) is 18.3 Å². The maximum atomic E-state index is 12.6. The summed E-state index contributed by atoms with van der Waals surface area (Å²) in [6.07, 6.45) is 4.50. The largest absolute Gasteiger partial charge is 0.481 e. The summed E-state index contributed by atoms with van der Waals surface area (Å²) < 4.78 is 0. The number of carboxylic acid groups (broad SMARTS) is 1. The van der Waals surface area contributed by atoms with Crippen molar-refractivity contribution in [3.63, 3.8) is 0 Å². The average Bonchev–Trinajstić information content (AvgIpc) is 3.19. The Kier molecular flexibility index (Phi) is 8.29. The molecule has 180 valence electrons. The number of aliphatic carboxylic acids is 1. The quantitative estimate of drug-likeness (QED) is 0.269. The summed E-state index contributed by atoms with van der Waals surface area (Å²) in [5, 5.41) is 14.7. The third-order valence-electron chi connectivity index (χ3n) is 5.85. The van der Waals surface area contributed by atoms with Crippen LogP contribution in [0, 0.1) is 11.8 Å². The molecule has 0 radical (unpaired) electrons. The summed E-state index contributed by atoms with van der Waals surface area (Å²) >= 11 is 0. The number of amides is 2. The molecule has 0 aromatic heterocycles. The molecule has 2 atom stereocenters. The van der Waals surface area contributed by atoms with Crippen LogP contribution < -0.4 is 16.4 Å². The van der Waals surface area contributed by atoms with E-state index in [2.05, 4.69) is 20.6 Å². The third kappa shape index (κ3) is 6.60. The second-order valence-corrected chi connectivity index (χ2v) is 8.45. The van der Waals surface area contributed by atoms with Crippen LogP contribution in [0.4, 0.5) is 0 Å². The molecule has 0 aliphatic carbocycles. The molecule has 1 aromatic rings.